The third kappa shape index (κ3) is 4.19. The van der Waals surface area contributed by atoms with Crippen molar-refractivity contribution in [2.45, 2.75) is 55.9 Å². The number of rotatable bonds is 9. The number of methoxy groups -OCH3 is 2. The molecule has 11 heteroatoms. The van der Waals surface area contributed by atoms with Crippen LogP contribution in [0.25, 0.3) is 0 Å². The molecule has 0 N–H and O–H groups in total. The molecular formula is C17H24ClN5O4S. The minimum Gasteiger partial charge on any atom is -0.377 e. The number of hydrogen-bond donors (Lipinski definition) is 0. The fourth-order valence-electron chi connectivity index (χ4n) is 3.17. The highest BCUT2D eigenvalue weighted by Crippen LogP contribution is 2.44. The third-order valence-corrected chi connectivity index (χ3v) is 7.29. The van der Waals surface area contributed by atoms with Gasteiger partial charge in [-0.1, -0.05) is 11.6 Å². The molecule has 0 saturated heterocycles. The summed E-state index contributed by atoms with van der Waals surface area (Å²) in [6, 6.07) is 0. The Hall–Kier alpha value is -1.62. The van der Waals surface area contributed by atoms with Gasteiger partial charge in [-0.25, -0.2) is 18.4 Å². The first kappa shape index (κ1) is 21.1. The normalized spacial score (nSPS) is 18.0. The number of sulfone groups is 1. The van der Waals surface area contributed by atoms with Gasteiger partial charge in [0.15, 0.2) is 21.5 Å². The van der Waals surface area contributed by atoms with Crippen LogP contribution in [0.5, 0.6) is 0 Å². The Morgan fingerprint density at radius 3 is 2.36 bits per heavy atom. The van der Waals surface area contributed by atoms with Gasteiger partial charge in [0, 0.05) is 32.2 Å². The molecule has 2 aromatic rings. The number of halogens is 1. The zero-order valence-electron chi connectivity index (χ0n) is 16.3. The summed E-state index contributed by atoms with van der Waals surface area (Å²) in [6.45, 7) is 3.92. The lowest BCUT2D eigenvalue weighted by molar-refractivity contribution is 0.0948. The first-order valence-electron chi connectivity index (χ1n) is 8.86. The Labute approximate surface area is 169 Å². The van der Waals surface area contributed by atoms with Crippen molar-refractivity contribution in [2.24, 2.45) is 0 Å². The van der Waals surface area contributed by atoms with Crippen LogP contribution in [0.3, 0.4) is 0 Å². The number of aromatic nitrogens is 5. The van der Waals surface area contributed by atoms with Crippen LogP contribution in [-0.2, 0) is 37.2 Å². The Morgan fingerprint density at radius 2 is 1.82 bits per heavy atom. The van der Waals surface area contributed by atoms with Crippen LogP contribution in [0.4, 0.5) is 0 Å². The molecule has 2 aromatic heterocycles. The van der Waals surface area contributed by atoms with Gasteiger partial charge in [-0.3, -0.25) is 0 Å². The van der Waals surface area contributed by atoms with E-state index in [1.807, 2.05) is 4.57 Å². The zero-order chi connectivity index (χ0) is 20.5. The lowest BCUT2D eigenvalue weighted by Gasteiger charge is -2.22. The van der Waals surface area contributed by atoms with Gasteiger partial charge in [-0.2, -0.15) is 0 Å². The SMILES string of the molecule is COCc1nnc(CS(=O)(=O)[C@@H](C)[C@H](OC)c2ncc(Cl)cn2)n1C1(C)CC1. The Morgan fingerprint density at radius 1 is 1.21 bits per heavy atom. The van der Waals surface area contributed by atoms with Gasteiger partial charge in [0.05, 0.1) is 10.3 Å². The van der Waals surface area contributed by atoms with E-state index in [1.54, 1.807) is 14.0 Å². The van der Waals surface area contributed by atoms with Crippen molar-refractivity contribution in [3.8, 4) is 0 Å². The van der Waals surface area contributed by atoms with Crippen molar-refractivity contribution in [1.29, 1.82) is 0 Å². The molecule has 0 aliphatic heterocycles. The Kier molecular flexibility index (Phi) is 6.04. The van der Waals surface area contributed by atoms with Gasteiger partial charge < -0.3 is 14.0 Å². The highest BCUT2D eigenvalue weighted by Gasteiger charge is 2.44. The van der Waals surface area contributed by atoms with Gasteiger partial charge in [-0.15, -0.1) is 10.2 Å². The fraction of sp³-hybridized carbons (Fsp3) is 0.647. The van der Waals surface area contributed by atoms with Crippen molar-refractivity contribution < 1.29 is 17.9 Å². The molecule has 154 valence electrons. The van der Waals surface area contributed by atoms with E-state index in [1.165, 1.54) is 19.5 Å². The summed E-state index contributed by atoms with van der Waals surface area (Å²) in [4.78, 5) is 8.21. The molecule has 28 heavy (non-hydrogen) atoms. The lowest BCUT2D eigenvalue weighted by atomic mass is 10.2. The van der Waals surface area contributed by atoms with Crippen LogP contribution >= 0.6 is 11.6 Å². The van der Waals surface area contributed by atoms with Crippen LogP contribution in [0.1, 0.15) is 50.3 Å². The van der Waals surface area contributed by atoms with E-state index in [-0.39, 0.29) is 23.7 Å². The van der Waals surface area contributed by atoms with Crippen molar-refractivity contribution >= 4 is 21.4 Å². The topological polar surface area (TPSA) is 109 Å². The molecule has 2 heterocycles. The monoisotopic (exact) mass is 429 g/mol. The van der Waals surface area contributed by atoms with Gasteiger partial charge in [0.1, 0.15) is 24.3 Å². The first-order valence-corrected chi connectivity index (χ1v) is 11.0. The maximum atomic E-state index is 13.1. The molecule has 0 bridgehead atoms. The quantitative estimate of drug-likeness (QED) is 0.595. The number of nitrogens with zero attached hydrogens (tertiary/aromatic N) is 5. The molecule has 0 amide bonds. The molecule has 1 aliphatic carbocycles. The smallest absolute Gasteiger partial charge is 0.163 e. The van der Waals surface area contributed by atoms with Crippen LogP contribution in [-0.4, -0.2) is 52.6 Å². The summed E-state index contributed by atoms with van der Waals surface area (Å²) in [5.74, 6) is 1.04. The van der Waals surface area contributed by atoms with Crippen LogP contribution in [0, 0.1) is 0 Å². The predicted octanol–water partition coefficient (Wildman–Crippen LogP) is 2.07. The molecule has 3 rings (SSSR count). The zero-order valence-corrected chi connectivity index (χ0v) is 17.9. The summed E-state index contributed by atoms with van der Waals surface area (Å²) in [7, 11) is -0.641. The van der Waals surface area contributed by atoms with Crippen LogP contribution in [0.2, 0.25) is 5.02 Å². The molecule has 0 aromatic carbocycles. The average Bonchev–Trinajstić information content (AvgIpc) is 3.26. The molecule has 0 unspecified atom stereocenters. The third-order valence-electron chi connectivity index (χ3n) is 5.06. The number of ether oxygens (including phenoxy) is 2. The van der Waals surface area contributed by atoms with E-state index in [9.17, 15) is 8.42 Å². The molecule has 9 nitrogen and oxygen atoms in total. The van der Waals surface area contributed by atoms with Crippen molar-refractivity contribution in [1.82, 2.24) is 24.7 Å². The van der Waals surface area contributed by atoms with Crippen molar-refractivity contribution in [3.63, 3.8) is 0 Å². The Balaban J connectivity index is 1.88. The van der Waals surface area contributed by atoms with Crippen molar-refractivity contribution in [2.75, 3.05) is 14.2 Å². The summed E-state index contributed by atoms with van der Waals surface area (Å²) in [5.41, 5.74) is -0.161. The summed E-state index contributed by atoms with van der Waals surface area (Å²) in [6.07, 6.45) is 3.90. The molecule has 1 aliphatic rings. The molecule has 2 atom stereocenters. The van der Waals surface area contributed by atoms with Crippen molar-refractivity contribution in [3.05, 3.63) is 34.9 Å². The second kappa shape index (κ2) is 8.02. The second-order valence-corrected chi connectivity index (χ2v) is 10.0. The maximum absolute atomic E-state index is 13.1. The van der Waals surface area contributed by atoms with Gasteiger partial charge >= 0.3 is 0 Å². The summed E-state index contributed by atoms with van der Waals surface area (Å²) >= 11 is 5.82. The molecule has 1 saturated carbocycles. The van der Waals surface area contributed by atoms with E-state index in [0.717, 1.165) is 12.8 Å². The molecular weight excluding hydrogens is 406 g/mol. The highest BCUT2D eigenvalue weighted by atomic mass is 35.5. The van der Waals surface area contributed by atoms with E-state index in [0.29, 0.717) is 16.7 Å². The standard InChI is InChI=1S/C17H24ClN5O4S/c1-11(15(27-4)16-19-7-12(18)8-20-16)28(24,25)10-14-22-21-13(9-26-3)23(14)17(2)5-6-17/h7-8,11,15H,5-6,9-10H2,1-4H3/t11-,15-/m0/s1. The molecule has 0 spiro atoms. The van der Waals surface area contributed by atoms with Gasteiger partial charge in [0.2, 0.25) is 0 Å². The van der Waals surface area contributed by atoms with E-state index < -0.39 is 21.2 Å². The highest BCUT2D eigenvalue weighted by molar-refractivity contribution is 7.91. The van der Waals surface area contributed by atoms with E-state index >= 15 is 0 Å². The molecule has 1 fully saturated rings. The minimum absolute atomic E-state index is 0.161. The summed E-state index contributed by atoms with van der Waals surface area (Å²) < 4.78 is 38.8. The van der Waals surface area contributed by atoms with Crippen LogP contribution in [0.15, 0.2) is 12.4 Å². The lowest BCUT2D eigenvalue weighted by Crippen LogP contribution is -2.31. The van der Waals surface area contributed by atoms with E-state index in [4.69, 9.17) is 21.1 Å². The number of hydrogen-bond acceptors (Lipinski definition) is 8. The van der Waals surface area contributed by atoms with E-state index in [2.05, 4.69) is 27.1 Å². The maximum Gasteiger partial charge on any atom is 0.163 e. The largest absolute Gasteiger partial charge is 0.377 e. The fourth-order valence-corrected chi connectivity index (χ4v) is 4.69. The average molecular weight is 430 g/mol. The van der Waals surface area contributed by atoms with Crippen LogP contribution < -0.4 is 0 Å². The molecule has 0 radical (unpaired) electrons. The predicted molar refractivity (Wildman–Crippen MR) is 102 cm³/mol. The Bertz CT molecular complexity index is 928. The second-order valence-electron chi connectivity index (χ2n) is 7.23. The van der Waals surface area contributed by atoms with Gasteiger partial charge in [-0.05, 0) is 26.7 Å². The van der Waals surface area contributed by atoms with Gasteiger partial charge in [0.25, 0.3) is 0 Å². The first-order chi connectivity index (χ1) is 13.2. The summed E-state index contributed by atoms with van der Waals surface area (Å²) in [5, 5.41) is 7.76. The minimum atomic E-state index is -3.64.